The van der Waals surface area contributed by atoms with E-state index in [1.807, 2.05) is 24.8 Å². The van der Waals surface area contributed by atoms with Crippen molar-refractivity contribution >= 4 is 63.9 Å². The highest BCUT2D eigenvalue weighted by atomic mass is 35.5. The molecular formula is C29H42ClN5O2S3. The zero-order valence-corrected chi connectivity index (χ0v) is 27.6. The molecule has 11 heteroatoms. The third-order valence-corrected chi connectivity index (χ3v) is 10.4. The van der Waals surface area contributed by atoms with E-state index in [0.29, 0.717) is 17.7 Å². The lowest BCUT2D eigenvalue weighted by Crippen LogP contribution is -2.50. The van der Waals surface area contributed by atoms with Crippen LogP contribution in [0.5, 0.6) is 0 Å². The first-order valence-corrected chi connectivity index (χ1v) is 17.4. The Morgan fingerprint density at radius 1 is 1.20 bits per heavy atom. The number of nitrogens with one attached hydrogen (secondary N) is 2. The Morgan fingerprint density at radius 3 is 2.60 bits per heavy atom. The van der Waals surface area contributed by atoms with E-state index in [0.717, 1.165) is 88.0 Å². The number of rotatable bonds is 12. The molecule has 0 saturated carbocycles. The second-order valence-corrected chi connectivity index (χ2v) is 15.0. The largest absolute Gasteiger partial charge is 0.431 e. The highest BCUT2D eigenvalue weighted by Crippen LogP contribution is 2.35. The molecule has 1 aromatic carbocycles. The number of aromatic nitrogens is 1. The molecule has 2 N–H and O–H groups in total. The van der Waals surface area contributed by atoms with E-state index in [1.54, 1.807) is 23.5 Å². The average Bonchev–Trinajstić information content (AvgIpc) is 3.33. The van der Waals surface area contributed by atoms with E-state index in [-0.39, 0.29) is 10.8 Å². The first-order chi connectivity index (χ1) is 19.1. The van der Waals surface area contributed by atoms with Gasteiger partial charge in [0.05, 0.1) is 22.1 Å². The van der Waals surface area contributed by atoms with Crippen molar-refractivity contribution in [3.63, 3.8) is 0 Å². The summed E-state index contributed by atoms with van der Waals surface area (Å²) in [5.74, 6) is 3.23. The number of hydrogen-bond acceptors (Lipinski definition) is 9. The fourth-order valence-electron chi connectivity index (χ4n) is 4.88. The number of carbonyl (C=O) groups is 1. The summed E-state index contributed by atoms with van der Waals surface area (Å²) < 4.78 is 6.16. The number of amides is 1. The zero-order chi connectivity index (χ0) is 28.9. The highest BCUT2D eigenvalue weighted by Gasteiger charge is 2.27. The molecule has 0 spiro atoms. The summed E-state index contributed by atoms with van der Waals surface area (Å²) in [5.41, 5.74) is 4.68. The molecule has 2 aliphatic heterocycles. The smallest absolute Gasteiger partial charge is 0.256 e. The number of halogens is 1. The number of nitrogens with zero attached hydrogens (tertiary/aromatic N) is 3. The summed E-state index contributed by atoms with van der Waals surface area (Å²) in [6.45, 7) is 17.8. The number of hydrogen-bond donors (Lipinski definition) is 2. The molecule has 1 aromatic heterocycles. The van der Waals surface area contributed by atoms with Gasteiger partial charge in [0.15, 0.2) is 5.58 Å². The fourth-order valence-corrected chi connectivity index (χ4v) is 7.76. The number of carbonyl (C=O) groups excluding carboxylic acids is 1. The van der Waals surface area contributed by atoms with E-state index in [4.69, 9.17) is 21.0 Å². The fraction of sp³-hybridized carbons (Fsp3) is 0.586. The molecule has 1 amide bonds. The Morgan fingerprint density at radius 2 is 1.93 bits per heavy atom. The standard InChI is InChI=1S/C29H42ClN5O2S3/c1-7-38-27-23(9-10-29(6,33-27)40-8-2)31-24(36)18-35-13-11-34(12-14-35)15-16-39-28-32-25-20(5)22(30)17-21(19(3)4)26(25)37-28/h9-10,17,19,33H,7-8,11-16,18H2,1-6H3,(H,31,36). The van der Waals surface area contributed by atoms with E-state index >= 15 is 0 Å². The van der Waals surface area contributed by atoms with Crippen LogP contribution in [0.25, 0.3) is 11.1 Å². The number of fused-ring (bicyclic) bond motifs is 1. The number of piperazine rings is 1. The van der Waals surface area contributed by atoms with Crippen molar-refractivity contribution in [2.75, 3.05) is 56.5 Å². The van der Waals surface area contributed by atoms with Crippen LogP contribution in [0.3, 0.4) is 0 Å². The number of dihydropyridines is 1. The number of benzene rings is 1. The van der Waals surface area contributed by atoms with Gasteiger partial charge in [-0.1, -0.05) is 51.1 Å². The lowest BCUT2D eigenvalue weighted by molar-refractivity contribution is -0.121. The van der Waals surface area contributed by atoms with Crippen molar-refractivity contribution in [3.05, 3.63) is 45.1 Å². The molecule has 220 valence electrons. The molecule has 1 fully saturated rings. The lowest BCUT2D eigenvalue weighted by atomic mass is 10.0. The summed E-state index contributed by atoms with van der Waals surface area (Å²) in [7, 11) is 0. The van der Waals surface area contributed by atoms with Crippen molar-refractivity contribution in [2.45, 2.75) is 57.6 Å². The molecule has 2 aliphatic rings. The molecule has 0 radical (unpaired) electrons. The molecule has 40 heavy (non-hydrogen) atoms. The van der Waals surface area contributed by atoms with E-state index < -0.39 is 0 Å². The van der Waals surface area contributed by atoms with Crippen molar-refractivity contribution in [2.24, 2.45) is 0 Å². The normalized spacial score (nSPS) is 20.5. The molecule has 2 aromatic rings. The van der Waals surface area contributed by atoms with Crippen LogP contribution in [0.15, 0.2) is 38.6 Å². The van der Waals surface area contributed by atoms with Crippen molar-refractivity contribution in [1.29, 1.82) is 0 Å². The monoisotopic (exact) mass is 623 g/mol. The topological polar surface area (TPSA) is 73.6 Å². The highest BCUT2D eigenvalue weighted by molar-refractivity contribution is 8.03. The maximum Gasteiger partial charge on any atom is 0.256 e. The van der Waals surface area contributed by atoms with Crippen LogP contribution in [0.4, 0.5) is 0 Å². The summed E-state index contributed by atoms with van der Waals surface area (Å²) in [6.07, 6.45) is 4.20. The van der Waals surface area contributed by atoms with E-state index in [9.17, 15) is 4.79 Å². The Hall–Kier alpha value is -1.30. The Labute approximate surface area is 256 Å². The van der Waals surface area contributed by atoms with Crippen LogP contribution < -0.4 is 10.6 Å². The van der Waals surface area contributed by atoms with Gasteiger partial charge >= 0.3 is 0 Å². The summed E-state index contributed by atoms with van der Waals surface area (Å²) in [6, 6.07) is 2.01. The molecule has 0 bridgehead atoms. The minimum Gasteiger partial charge on any atom is -0.431 e. The summed E-state index contributed by atoms with van der Waals surface area (Å²) >= 11 is 11.7. The Balaban J connectivity index is 1.23. The second-order valence-electron chi connectivity index (χ2n) is 10.6. The van der Waals surface area contributed by atoms with Gasteiger partial charge in [0.1, 0.15) is 5.52 Å². The maximum atomic E-state index is 12.9. The predicted octanol–water partition coefficient (Wildman–Crippen LogP) is 6.29. The van der Waals surface area contributed by atoms with Gasteiger partial charge in [-0.2, -0.15) is 0 Å². The van der Waals surface area contributed by atoms with Crippen LogP contribution in [0.2, 0.25) is 5.02 Å². The number of oxazole rings is 1. The van der Waals surface area contributed by atoms with Gasteiger partial charge < -0.3 is 15.1 Å². The minimum atomic E-state index is -0.140. The molecule has 4 rings (SSSR count). The van der Waals surface area contributed by atoms with E-state index in [2.05, 4.69) is 67.2 Å². The number of allylic oxidation sites excluding steroid dienone is 1. The SMILES string of the molecule is CCSC1=C(NC(=O)CN2CCN(CCSc3nc4c(C)c(Cl)cc(C(C)C)c4o3)CC2)C=CC(C)(SCC)N1. The summed E-state index contributed by atoms with van der Waals surface area (Å²) in [5, 5.41) is 9.25. The van der Waals surface area contributed by atoms with Crippen LogP contribution in [-0.2, 0) is 4.79 Å². The van der Waals surface area contributed by atoms with Crippen LogP contribution in [0, 0.1) is 6.92 Å². The van der Waals surface area contributed by atoms with Gasteiger partial charge in [-0.15, -0.1) is 23.5 Å². The number of aryl methyl sites for hydroxylation is 1. The third-order valence-electron chi connectivity index (χ3n) is 7.13. The Kier molecular flexibility index (Phi) is 11.3. The average molecular weight is 624 g/mol. The van der Waals surface area contributed by atoms with Gasteiger partial charge in [-0.25, -0.2) is 4.98 Å². The Bertz CT molecular complexity index is 1260. The van der Waals surface area contributed by atoms with Crippen molar-refractivity contribution in [1.82, 2.24) is 25.4 Å². The van der Waals surface area contributed by atoms with Crippen molar-refractivity contribution < 1.29 is 9.21 Å². The van der Waals surface area contributed by atoms with Crippen molar-refractivity contribution in [3.8, 4) is 0 Å². The van der Waals surface area contributed by atoms with Gasteiger partial charge in [0.25, 0.3) is 5.22 Å². The molecular weight excluding hydrogens is 582 g/mol. The summed E-state index contributed by atoms with van der Waals surface area (Å²) in [4.78, 5) is 22.2. The molecule has 1 unspecified atom stereocenters. The molecule has 1 atom stereocenters. The van der Waals surface area contributed by atoms with Crippen LogP contribution in [0.1, 0.15) is 51.7 Å². The van der Waals surface area contributed by atoms with Gasteiger partial charge in [-0.3, -0.25) is 14.6 Å². The first-order valence-electron chi connectivity index (χ1n) is 14.1. The van der Waals surface area contributed by atoms with Gasteiger partial charge in [-0.05, 0) is 55.1 Å². The van der Waals surface area contributed by atoms with Gasteiger partial charge in [0.2, 0.25) is 5.91 Å². The lowest BCUT2D eigenvalue weighted by Gasteiger charge is -2.35. The maximum absolute atomic E-state index is 12.9. The molecule has 1 saturated heterocycles. The van der Waals surface area contributed by atoms with E-state index in [1.165, 1.54) is 0 Å². The van der Waals surface area contributed by atoms with Crippen LogP contribution in [-0.4, -0.2) is 82.1 Å². The van der Waals surface area contributed by atoms with Crippen LogP contribution >= 0.6 is 46.9 Å². The molecule has 7 nitrogen and oxygen atoms in total. The zero-order valence-electron chi connectivity index (χ0n) is 24.4. The first kappa shape index (κ1) is 31.6. The second kappa shape index (κ2) is 14.2. The van der Waals surface area contributed by atoms with Gasteiger partial charge in [0, 0.05) is 49.1 Å². The minimum absolute atomic E-state index is 0.0403. The quantitative estimate of drug-likeness (QED) is 0.265. The number of thioether (sulfide) groups is 3. The molecule has 3 heterocycles. The molecule has 0 aliphatic carbocycles. The predicted molar refractivity (Wildman–Crippen MR) is 174 cm³/mol. The third kappa shape index (κ3) is 7.95.